The minimum Gasteiger partial charge on any atom is -0.480 e. The molecule has 5 heteroatoms. The lowest BCUT2D eigenvalue weighted by atomic mass is 9.82. The molecule has 0 bridgehead atoms. The van der Waals surface area contributed by atoms with Gasteiger partial charge in [0.25, 0.3) is 0 Å². The topological polar surface area (TPSA) is 60.9 Å². The Morgan fingerprint density at radius 2 is 2.05 bits per heavy atom. The van der Waals surface area contributed by atoms with Crippen LogP contribution in [-0.2, 0) is 4.79 Å². The summed E-state index contributed by atoms with van der Waals surface area (Å²) in [7, 11) is 0. The van der Waals surface area contributed by atoms with Gasteiger partial charge >= 0.3 is 12.0 Å². The number of carbonyl (C=O) groups excluding carboxylic acids is 1. The van der Waals surface area contributed by atoms with E-state index in [9.17, 15) is 9.59 Å². The molecular formula is C14H24N2O3. The van der Waals surface area contributed by atoms with Crippen LogP contribution < -0.4 is 0 Å². The molecule has 1 aliphatic heterocycles. The summed E-state index contributed by atoms with van der Waals surface area (Å²) in [5, 5.41) is 8.85. The molecule has 0 saturated carbocycles. The zero-order valence-corrected chi connectivity index (χ0v) is 11.9. The molecule has 108 valence electrons. The van der Waals surface area contributed by atoms with E-state index in [2.05, 4.69) is 20.4 Å². The molecule has 19 heavy (non-hydrogen) atoms. The number of amides is 2. The third-order valence-corrected chi connectivity index (χ3v) is 4.15. The van der Waals surface area contributed by atoms with Crippen LogP contribution in [0.1, 0.15) is 33.1 Å². The smallest absolute Gasteiger partial charge is 0.323 e. The van der Waals surface area contributed by atoms with Crippen LogP contribution in [-0.4, -0.2) is 53.1 Å². The maximum atomic E-state index is 12.3. The number of aliphatic carboxylic acids is 1. The van der Waals surface area contributed by atoms with Crippen molar-refractivity contribution in [3.05, 3.63) is 12.7 Å². The van der Waals surface area contributed by atoms with Crippen LogP contribution in [0.3, 0.4) is 0 Å². The fourth-order valence-electron chi connectivity index (χ4n) is 2.65. The largest absolute Gasteiger partial charge is 0.480 e. The van der Waals surface area contributed by atoms with Crippen molar-refractivity contribution in [3.63, 3.8) is 0 Å². The second-order valence-corrected chi connectivity index (χ2v) is 5.22. The zero-order valence-electron chi connectivity index (χ0n) is 11.9. The van der Waals surface area contributed by atoms with Crippen LogP contribution in [0.15, 0.2) is 12.7 Å². The molecule has 0 aromatic heterocycles. The number of nitrogens with zero attached hydrogens (tertiary/aromatic N) is 2. The quantitative estimate of drug-likeness (QED) is 0.751. The van der Waals surface area contributed by atoms with Gasteiger partial charge in [0, 0.05) is 19.6 Å². The van der Waals surface area contributed by atoms with E-state index in [1.165, 1.54) is 4.90 Å². The molecule has 0 spiro atoms. The van der Waals surface area contributed by atoms with Crippen LogP contribution in [0.2, 0.25) is 0 Å². The van der Waals surface area contributed by atoms with Crippen molar-refractivity contribution in [2.45, 2.75) is 33.1 Å². The first-order chi connectivity index (χ1) is 8.98. The van der Waals surface area contributed by atoms with E-state index in [1.807, 2.05) is 0 Å². The van der Waals surface area contributed by atoms with Gasteiger partial charge in [0.1, 0.15) is 6.54 Å². The second kappa shape index (κ2) is 6.59. The Morgan fingerprint density at radius 1 is 1.42 bits per heavy atom. The van der Waals surface area contributed by atoms with Gasteiger partial charge in [-0.2, -0.15) is 0 Å². The SMILES string of the molecule is C=CCN(CC(=O)O)C(=O)N1CCC(CC)(CC)C1. The molecule has 0 aliphatic carbocycles. The number of urea groups is 1. The molecule has 1 rings (SSSR count). The number of carboxylic acids is 1. The molecule has 1 saturated heterocycles. The van der Waals surface area contributed by atoms with Crippen molar-refractivity contribution < 1.29 is 14.7 Å². The average Bonchev–Trinajstić information content (AvgIpc) is 2.82. The van der Waals surface area contributed by atoms with Gasteiger partial charge in [-0.25, -0.2) is 4.79 Å². The van der Waals surface area contributed by atoms with Gasteiger partial charge in [-0.15, -0.1) is 6.58 Å². The predicted molar refractivity (Wildman–Crippen MR) is 74.0 cm³/mol. The van der Waals surface area contributed by atoms with E-state index >= 15 is 0 Å². The summed E-state index contributed by atoms with van der Waals surface area (Å²) in [4.78, 5) is 26.2. The molecule has 0 atom stereocenters. The lowest BCUT2D eigenvalue weighted by molar-refractivity contribution is -0.137. The maximum Gasteiger partial charge on any atom is 0.323 e. The Bertz CT molecular complexity index is 351. The van der Waals surface area contributed by atoms with Crippen molar-refractivity contribution >= 4 is 12.0 Å². The highest BCUT2D eigenvalue weighted by Crippen LogP contribution is 2.37. The summed E-state index contributed by atoms with van der Waals surface area (Å²) < 4.78 is 0. The number of likely N-dealkylation sites (tertiary alicyclic amines) is 1. The summed E-state index contributed by atoms with van der Waals surface area (Å²) in [6, 6.07) is -0.189. The molecule has 5 nitrogen and oxygen atoms in total. The van der Waals surface area contributed by atoms with Gasteiger partial charge in [0.05, 0.1) is 0 Å². The lowest BCUT2D eigenvalue weighted by Crippen LogP contribution is -2.45. The Balaban J connectivity index is 2.70. The lowest BCUT2D eigenvalue weighted by Gasteiger charge is -2.29. The summed E-state index contributed by atoms with van der Waals surface area (Å²) in [5.74, 6) is -0.994. The predicted octanol–water partition coefficient (Wildman–Crippen LogP) is 2.19. The normalized spacial score (nSPS) is 17.3. The monoisotopic (exact) mass is 268 g/mol. The first kappa shape index (κ1) is 15.5. The van der Waals surface area contributed by atoms with Crippen LogP contribution in [0.4, 0.5) is 4.79 Å². The Kier molecular flexibility index (Phi) is 5.39. The van der Waals surface area contributed by atoms with E-state index < -0.39 is 5.97 Å². The van der Waals surface area contributed by atoms with Gasteiger partial charge in [-0.1, -0.05) is 19.9 Å². The minimum absolute atomic E-state index is 0.189. The highest BCUT2D eigenvalue weighted by Gasteiger charge is 2.38. The van der Waals surface area contributed by atoms with Crippen molar-refractivity contribution in [2.24, 2.45) is 5.41 Å². The molecular weight excluding hydrogens is 244 g/mol. The Labute approximate surface area is 114 Å². The number of rotatable bonds is 6. The first-order valence-electron chi connectivity index (χ1n) is 6.84. The summed E-state index contributed by atoms with van der Waals surface area (Å²) in [6.07, 6.45) is 4.66. The van der Waals surface area contributed by atoms with Gasteiger partial charge in [-0.05, 0) is 24.7 Å². The summed E-state index contributed by atoms with van der Waals surface area (Å²) in [5.41, 5.74) is 0.207. The number of carbonyl (C=O) groups is 2. The minimum atomic E-state index is -0.994. The molecule has 0 aromatic carbocycles. The second-order valence-electron chi connectivity index (χ2n) is 5.22. The van der Waals surface area contributed by atoms with Crippen LogP contribution in [0, 0.1) is 5.41 Å². The van der Waals surface area contributed by atoms with Crippen LogP contribution in [0.5, 0.6) is 0 Å². The van der Waals surface area contributed by atoms with Crippen molar-refractivity contribution in [2.75, 3.05) is 26.2 Å². The molecule has 2 amide bonds. The van der Waals surface area contributed by atoms with E-state index in [0.717, 1.165) is 25.8 Å². The van der Waals surface area contributed by atoms with Crippen LogP contribution >= 0.6 is 0 Å². The molecule has 1 fully saturated rings. The number of hydrogen-bond donors (Lipinski definition) is 1. The highest BCUT2D eigenvalue weighted by molar-refractivity contribution is 5.80. The standard InChI is InChI=1S/C14H24N2O3/c1-4-8-15(10-12(17)18)13(19)16-9-7-14(5-2,6-3)11-16/h4H,1,5-11H2,2-3H3,(H,17,18). The molecule has 0 aromatic rings. The van der Waals surface area contributed by atoms with Crippen molar-refractivity contribution in [1.29, 1.82) is 0 Å². The number of hydrogen-bond acceptors (Lipinski definition) is 2. The van der Waals surface area contributed by atoms with Crippen molar-refractivity contribution in [3.8, 4) is 0 Å². The first-order valence-corrected chi connectivity index (χ1v) is 6.84. The Hall–Kier alpha value is -1.52. The van der Waals surface area contributed by atoms with Gasteiger partial charge in [0.2, 0.25) is 0 Å². The fraction of sp³-hybridized carbons (Fsp3) is 0.714. The van der Waals surface area contributed by atoms with Gasteiger partial charge < -0.3 is 14.9 Å². The van der Waals surface area contributed by atoms with E-state index in [4.69, 9.17) is 5.11 Å². The maximum absolute atomic E-state index is 12.3. The summed E-state index contributed by atoms with van der Waals surface area (Å²) in [6.45, 7) is 9.31. The molecule has 0 unspecified atom stereocenters. The highest BCUT2D eigenvalue weighted by atomic mass is 16.4. The third-order valence-electron chi connectivity index (χ3n) is 4.15. The molecule has 0 radical (unpaired) electrons. The molecule has 1 N–H and O–H groups in total. The summed E-state index contributed by atoms with van der Waals surface area (Å²) >= 11 is 0. The number of carboxylic acid groups (broad SMARTS) is 1. The zero-order chi connectivity index (χ0) is 14.5. The molecule has 1 aliphatic rings. The van der Waals surface area contributed by atoms with E-state index in [1.54, 1.807) is 11.0 Å². The van der Waals surface area contributed by atoms with Crippen molar-refractivity contribution in [1.82, 2.24) is 9.80 Å². The van der Waals surface area contributed by atoms with E-state index in [-0.39, 0.29) is 24.5 Å². The van der Waals surface area contributed by atoms with E-state index in [0.29, 0.717) is 6.54 Å². The molecule has 1 heterocycles. The third kappa shape index (κ3) is 3.72. The average molecular weight is 268 g/mol. The van der Waals surface area contributed by atoms with Gasteiger partial charge in [0.15, 0.2) is 0 Å². The van der Waals surface area contributed by atoms with Gasteiger partial charge in [-0.3, -0.25) is 4.79 Å². The fourth-order valence-corrected chi connectivity index (χ4v) is 2.65. The Morgan fingerprint density at radius 3 is 2.47 bits per heavy atom. The van der Waals surface area contributed by atoms with Crippen LogP contribution in [0.25, 0.3) is 0 Å².